The number of anilines is 1. The third-order valence-corrected chi connectivity index (χ3v) is 6.28. The van der Waals surface area contributed by atoms with E-state index in [1.165, 1.54) is 37.9 Å². The molecule has 14 heteroatoms. The van der Waals surface area contributed by atoms with E-state index in [-0.39, 0.29) is 33.4 Å². The first-order valence-corrected chi connectivity index (χ1v) is 12.3. The smallest absolute Gasteiger partial charge is 0.369 e. The molecule has 162 valence electrons. The molecule has 0 saturated heterocycles. The van der Waals surface area contributed by atoms with Gasteiger partial charge in [0.1, 0.15) is 17.0 Å². The summed E-state index contributed by atoms with van der Waals surface area (Å²) in [7, 11) is -6.40. The minimum absolute atomic E-state index is 0.0184. The molecule has 3 rings (SSSR count). The molecule has 0 amide bonds. The minimum Gasteiger partial charge on any atom is -0.369 e. The van der Waals surface area contributed by atoms with Crippen molar-refractivity contribution in [3.05, 3.63) is 30.2 Å². The van der Waals surface area contributed by atoms with Gasteiger partial charge >= 0.3 is 6.18 Å². The zero-order chi connectivity index (χ0) is 22.5. The van der Waals surface area contributed by atoms with Crippen LogP contribution in [-0.4, -0.2) is 50.2 Å². The van der Waals surface area contributed by atoms with Gasteiger partial charge in [-0.2, -0.15) is 17.5 Å². The SMILES string of the molecule is CCS(=O)(=O)c1cc(N=S(C)(C)=O)cnc1-c1cn2c(N)nc(C(F)(F)F)cc2n1. The first-order chi connectivity index (χ1) is 13.7. The molecule has 9 nitrogen and oxygen atoms in total. The van der Waals surface area contributed by atoms with Crippen molar-refractivity contribution in [2.45, 2.75) is 18.0 Å². The van der Waals surface area contributed by atoms with Gasteiger partial charge in [-0.25, -0.2) is 22.6 Å². The number of nitrogen functional groups attached to an aromatic ring is 1. The Hall–Kier alpha value is -2.74. The fourth-order valence-electron chi connectivity index (χ4n) is 2.59. The summed E-state index contributed by atoms with van der Waals surface area (Å²) in [6.45, 7) is 1.42. The van der Waals surface area contributed by atoms with Gasteiger partial charge in [0.25, 0.3) is 0 Å². The number of sulfone groups is 1. The molecule has 0 atom stereocenters. The van der Waals surface area contributed by atoms with E-state index in [0.29, 0.717) is 6.07 Å². The van der Waals surface area contributed by atoms with Crippen molar-refractivity contribution in [1.29, 1.82) is 0 Å². The summed E-state index contributed by atoms with van der Waals surface area (Å²) in [5.41, 5.74) is 4.19. The molecule has 3 aromatic heterocycles. The summed E-state index contributed by atoms with van der Waals surface area (Å²) >= 11 is 0. The maximum Gasteiger partial charge on any atom is 0.433 e. The third kappa shape index (κ3) is 4.38. The Balaban J connectivity index is 2.28. The monoisotopic (exact) mass is 462 g/mol. The molecule has 0 aliphatic carbocycles. The van der Waals surface area contributed by atoms with Crippen molar-refractivity contribution in [3.8, 4) is 11.4 Å². The fourth-order valence-corrected chi connectivity index (χ4v) is 4.26. The number of alkyl halides is 3. The highest BCUT2D eigenvalue weighted by Crippen LogP contribution is 2.32. The van der Waals surface area contributed by atoms with Crippen LogP contribution in [0.2, 0.25) is 0 Å². The molecule has 30 heavy (non-hydrogen) atoms. The van der Waals surface area contributed by atoms with Crippen LogP contribution >= 0.6 is 0 Å². The van der Waals surface area contributed by atoms with Crippen LogP contribution in [0.25, 0.3) is 17.0 Å². The van der Waals surface area contributed by atoms with Gasteiger partial charge in [0.05, 0.1) is 22.5 Å². The number of pyridine rings is 1. The number of hydrogen-bond donors (Lipinski definition) is 1. The second-order valence-electron chi connectivity index (χ2n) is 6.57. The summed E-state index contributed by atoms with van der Waals surface area (Å²) in [5.74, 6) is -0.740. The van der Waals surface area contributed by atoms with Crippen LogP contribution in [0, 0.1) is 0 Å². The van der Waals surface area contributed by atoms with E-state index < -0.39 is 37.4 Å². The zero-order valence-electron chi connectivity index (χ0n) is 16.0. The molecule has 0 unspecified atom stereocenters. The Morgan fingerprint density at radius 1 is 1.17 bits per heavy atom. The van der Waals surface area contributed by atoms with Gasteiger partial charge in [-0.05, 0) is 6.07 Å². The summed E-state index contributed by atoms with van der Waals surface area (Å²) in [6.07, 6.45) is 0.488. The molecule has 2 N–H and O–H groups in total. The van der Waals surface area contributed by atoms with Crippen molar-refractivity contribution < 1.29 is 25.8 Å². The predicted octanol–water partition coefficient (Wildman–Crippen LogP) is 2.54. The highest BCUT2D eigenvalue weighted by atomic mass is 32.2. The van der Waals surface area contributed by atoms with E-state index in [4.69, 9.17) is 5.73 Å². The lowest BCUT2D eigenvalue weighted by Gasteiger charge is -2.08. The zero-order valence-corrected chi connectivity index (χ0v) is 17.6. The molecule has 0 aromatic carbocycles. The van der Waals surface area contributed by atoms with Crippen molar-refractivity contribution >= 4 is 36.8 Å². The lowest BCUT2D eigenvalue weighted by Crippen LogP contribution is -2.11. The normalized spacial score (nSPS) is 13.0. The van der Waals surface area contributed by atoms with Gasteiger partial charge in [0.15, 0.2) is 15.5 Å². The van der Waals surface area contributed by atoms with Crippen molar-refractivity contribution in [3.63, 3.8) is 0 Å². The third-order valence-electron chi connectivity index (χ3n) is 3.89. The second kappa shape index (κ2) is 7.19. The van der Waals surface area contributed by atoms with E-state index in [9.17, 15) is 25.8 Å². The van der Waals surface area contributed by atoms with Gasteiger partial charge in [-0.15, -0.1) is 0 Å². The number of hydrogen-bond acceptors (Lipinski definition) is 8. The highest BCUT2D eigenvalue weighted by molar-refractivity contribution is 7.92. The highest BCUT2D eigenvalue weighted by Gasteiger charge is 2.34. The van der Waals surface area contributed by atoms with E-state index in [1.54, 1.807) is 0 Å². The molecular formula is C16H17F3N6O3S2. The molecule has 0 radical (unpaired) electrons. The molecule has 3 heterocycles. The molecule has 0 bridgehead atoms. The average Bonchev–Trinajstić information content (AvgIpc) is 3.04. The Bertz CT molecular complexity index is 1360. The summed E-state index contributed by atoms with van der Waals surface area (Å²) < 4.78 is 81.2. The van der Waals surface area contributed by atoms with E-state index in [2.05, 4.69) is 19.3 Å². The van der Waals surface area contributed by atoms with Crippen LogP contribution in [0.3, 0.4) is 0 Å². The summed E-state index contributed by atoms with van der Waals surface area (Å²) in [4.78, 5) is 11.2. The number of fused-ring (bicyclic) bond motifs is 1. The number of nitrogens with zero attached hydrogens (tertiary/aromatic N) is 5. The first kappa shape index (κ1) is 22.0. The van der Waals surface area contributed by atoms with Crippen LogP contribution < -0.4 is 5.73 Å². The van der Waals surface area contributed by atoms with Gasteiger partial charge in [-0.3, -0.25) is 9.38 Å². The van der Waals surface area contributed by atoms with Gasteiger partial charge in [-0.1, -0.05) is 6.92 Å². The maximum atomic E-state index is 13.0. The topological polar surface area (TPSA) is 133 Å². The number of nitrogens with two attached hydrogens (primary N) is 1. The van der Waals surface area contributed by atoms with E-state index >= 15 is 0 Å². The van der Waals surface area contributed by atoms with Crippen LogP contribution in [0.4, 0.5) is 24.8 Å². The second-order valence-corrected chi connectivity index (χ2v) is 11.4. The number of imidazole rings is 1. The quantitative estimate of drug-likeness (QED) is 0.630. The molecule has 3 aromatic rings. The lowest BCUT2D eigenvalue weighted by atomic mass is 10.3. The van der Waals surface area contributed by atoms with Crippen LogP contribution in [0.1, 0.15) is 12.6 Å². The molecule has 0 fully saturated rings. The Morgan fingerprint density at radius 2 is 1.83 bits per heavy atom. The minimum atomic E-state index is -4.73. The maximum absolute atomic E-state index is 13.0. The van der Waals surface area contributed by atoms with E-state index in [0.717, 1.165) is 4.40 Å². The van der Waals surface area contributed by atoms with Crippen molar-refractivity contribution in [2.24, 2.45) is 4.36 Å². The average molecular weight is 462 g/mol. The Labute approximate surface area is 170 Å². The van der Waals surface area contributed by atoms with Crippen molar-refractivity contribution in [2.75, 3.05) is 24.0 Å². The number of halogens is 3. The van der Waals surface area contributed by atoms with Gasteiger partial charge in [0.2, 0.25) is 5.95 Å². The van der Waals surface area contributed by atoms with Gasteiger partial charge in [0, 0.05) is 34.5 Å². The summed E-state index contributed by atoms with van der Waals surface area (Å²) in [6, 6.07) is 1.90. The number of rotatable bonds is 4. The summed E-state index contributed by atoms with van der Waals surface area (Å²) in [5, 5.41) is 0. The van der Waals surface area contributed by atoms with Crippen LogP contribution in [0.5, 0.6) is 0 Å². The molecule has 0 aliphatic rings. The van der Waals surface area contributed by atoms with Gasteiger partial charge < -0.3 is 5.73 Å². The van der Waals surface area contributed by atoms with Crippen molar-refractivity contribution in [1.82, 2.24) is 19.4 Å². The molecule has 0 spiro atoms. The predicted molar refractivity (Wildman–Crippen MR) is 105 cm³/mol. The van der Waals surface area contributed by atoms with E-state index in [1.807, 2.05) is 0 Å². The lowest BCUT2D eigenvalue weighted by molar-refractivity contribution is -0.141. The van der Waals surface area contributed by atoms with Crippen LogP contribution in [0.15, 0.2) is 33.8 Å². The fraction of sp³-hybridized carbons (Fsp3) is 0.312. The molecular weight excluding hydrogens is 445 g/mol. The van der Waals surface area contributed by atoms with Crippen LogP contribution in [-0.2, 0) is 25.7 Å². The molecule has 0 aliphatic heterocycles. The first-order valence-electron chi connectivity index (χ1n) is 8.34. The number of aromatic nitrogens is 4. The molecule has 0 saturated carbocycles. The standard InChI is InChI=1S/C16H17F3N6O3S2/c1-4-30(27,28)11-5-9(24-29(2,3)26)7-21-14(11)10-8-25-13(22-10)6-12(16(17,18)19)23-15(25)20/h5-8H,4H2,1-3H3,(H2,20,23). The Morgan fingerprint density at radius 3 is 2.40 bits per heavy atom. The Kier molecular flexibility index (Phi) is 5.27. The largest absolute Gasteiger partial charge is 0.433 e.